The summed E-state index contributed by atoms with van der Waals surface area (Å²) >= 11 is 0. The third kappa shape index (κ3) is 2.33. The van der Waals surface area contributed by atoms with Gasteiger partial charge in [0, 0.05) is 30.4 Å². The van der Waals surface area contributed by atoms with E-state index in [1.807, 2.05) is 0 Å². The van der Waals surface area contributed by atoms with E-state index >= 15 is 0 Å². The molecule has 1 aliphatic carbocycles. The molecule has 0 radical (unpaired) electrons. The number of imidazole rings is 1. The van der Waals surface area contributed by atoms with Crippen molar-refractivity contribution in [3.63, 3.8) is 0 Å². The molecule has 1 saturated carbocycles. The molecule has 2 fully saturated rings. The lowest BCUT2D eigenvalue weighted by molar-refractivity contribution is 0.248. The summed E-state index contributed by atoms with van der Waals surface area (Å²) in [4.78, 5) is 4.44. The molecule has 18 heavy (non-hydrogen) atoms. The van der Waals surface area contributed by atoms with Gasteiger partial charge in [-0.3, -0.25) is 0 Å². The summed E-state index contributed by atoms with van der Waals surface area (Å²) in [7, 11) is 0. The third-order valence-corrected chi connectivity index (χ3v) is 4.83. The second kappa shape index (κ2) is 5.43. The number of rotatable bonds is 2. The molecule has 0 bridgehead atoms. The molecule has 3 heteroatoms. The first-order valence-corrected chi connectivity index (χ1v) is 7.58. The van der Waals surface area contributed by atoms with Gasteiger partial charge in [0.2, 0.25) is 0 Å². The van der Waals surface area contributed by atoms with Gasteiger partial charge in [-0.1, -0.05) is 19.8 Å². The van der Waals surface area contributed by atoms with Crippen molar-refractivity contribution in [2.24, 2.45) is 5.92 Å². The van der Waals surface area contributed by atoms with Gasteiger partial charge in [0.05, 0.1) is 6.33 Å². The van der Waals surface area contributed by atoms with Crippen LogP contribution < -0.4 is 5.32 Å². The van der Waals surface area contributed by atoms with Gasteiger partial charge in [-0.15, -0.1) is 0 Å². The quantitative estimate of drug-likeness (QED) is 0.870. The second-order valence-corrected chi connectivity index (χ2v) is 6.10. The van der Waals surface area contributed by atoms with Crippen molar-refractivity contribution in [1.29, 1.82) is 0 Å². The number of aromatic nitrogens is 2. The van der Waals surface area contributed by atoms with E-state index < -0.39 is 0 Å². The summed E-state index contributed by atoms with van der Waals surface area (Å²) in [5.74, 6) is 1.48. The SMILES string of the molecule is CC1CCCCC1n1cncc1C1CCCNC1. The maximum absolute atomic E-state index is 4.44. The summed E-state index contributed by atoms with van der Waals surface area (Å²) in [6.45, 7) is 4.73. The maximum Gasteiger partial charge on any atom is 0.0950 e. The van der Waals surface area contributed by atoms with Crippen LogP contribution >= 0.6 is 0 Å². The fourth-order valence-corrected chi connectivity index (χ4v) is 3.72. The number of nitrogens with zero attached hydrogens (tertiary/aromatic N) is 2. The van der Waals surface area contributed by atoms with E-state index in [2.05, 4.69) is 34.3 Å². The van der Waals surface area contributed by atoms with Gasteiger partial charge in [-0.25, -0.2) is 4.98 Å². The average molecular weight is 247 g/mol. The predicted molar refractivity (Wildman–Crippen MR) is 73.7 cm³/mol. The second-order valence-electron chi connectivity index (χ2n) is 6.10. The van der Waals surface area contributed by atoms with Crippen molar-refractivity contribution in [3.05, 3.63) is 18.2 Å². The van der Waals surface area contributed by atoms with Gasteiger partial charge in [-0.05, 0) is 38.1 Å². The molecule has 2 aliphatic rings. The monoisotopic (exact) mass is 247 g/mol. The maximum atomic E-state index is 4.44. The van der Waals surface area contributed by atoms with Crippen molar-refractivity contribution in [3.8, 4) is 0 Å². The minimum absolute atomic E-state index is 0.676. The van der Waals surface area contributed by atoms with Crippen LogP contribution in [-0.2, 0) is 0 Å². The van der Waals surface area contributed by atoms with Crippen molar-refractivity contribution in [2.45, 2.75) is 57.4 Å². The fourth-order valence-electron chi connectivity index (χ4n) is 3.72. The molecule has 0 spiro atoms. The highest BCUT2D eigenvalue weighted by Gasteiger charge is 2.27. The number of hydrogen-bond acceptors (Lipinski definition) is 2. The number of nitrogens with one attached hydrogen (secondary N) is 1. The smallest absolute Gasteiger partial charge is 0.0950 e. The molecule has 1 aromatic heterocycles. The molecule has 3 atom stereocenters. The molecule has 100 valence electrons. The Morgan fingerprint density at radius 1 is 1.22 bits per heavy atom. The molecular weight excluding hydrogens is 222 g/mol. The Labute approximate surface area is 110 Å². The lowest BCUT2D eigenvalue weighted by Gasteiger charge is -2.33. The standard InChI is InChI=1S/C15H25N3/c1-12-5-2-3-7-14(12)18-11-17-10-15(18)13-6-4-8-16-9-13/h10-14,16H,2-9H2,1H3. The average Bonchev–Trinajstić information content (AvgIpc) is 2.89. The summed E-state index contributed by atoms with van der Waals surface area (Å²) in [5.41, 5.74) is 1.47. The van der Waals surface area contributed by atoms with Crippen LogP contribution in [0, 0.1) is 5.92 Å². The van der Waals surface area contributed by atoms with Crippen molar-refractivity contribution >= 4 is 0 Å². The summed E-state index contributed by atoms with van der Waals surface area (Å²) in [5, 5.41) is 3.52. The molecule has 1 aliphatic heterocycles. The van der Waals surface area contributed by atoms with Crippen LogP contribution in [-0.4, -0.2) is 22.6 Å². The molecule has 1 saturated heterocycles. The molecule has 0 amide bonds. The normalized spacial score (nSPS) is 33.5. The van der Waals surface area contributed by atoms with E-state index in [9.17, 15) is 0 Å². The predicted octanol–water partition coefficient (Wildman–Crippen LogP) is 3.10. The lowest BCUT2D eigenvalue weighted by Crippen LogP contribution is -2.31. The first kappa shape index (κ1) is 12.2. The molecule has 2 heterocycles. The lowest BCUT2D eigenvalue weighted by atomic mass is 9.85. The highest BCUT2D eigenvalue weighted by atomic mass is 15.1. The molecular formula is C15H25N3. The number of piperidine rings is 1. The van der Waals surface area contributed by atoms with E-state index in [0.29, 0.717) is 12.0 Å². The van der Waals surface area contributed by atoms with E-state index in [1.54, 1.807) is 0 Å². The van der Waals surface area contributed by atoms with Crippen LogP contribution in [0.4, 0.5) is 0 Å². The molecule has 1 N–H and O–H groups in total. The Morgan fingerprint density at radius 2 is 2.11 bits per heavy atom. The van der Waals surface area contributed by atoms with Crippen LogP contribution in [0.15, 0.2) is 12.5 Å². The van der Waals surface area contributed by atoms with Gasteiger partial charge in [0.15, 0.2) is 0 Å². The molecule has 1 aromatic rings. The Bertz CT molecular complexity index is 379. The summed E-state index contributed by atoms with van der Waals surface area (Å²) in [6.07, 6.45) is 12.3. The van der Waals surface area contributed by atoms with Crippen molar-refractivity contribution < 1.29 is 0 Å². The molecule has 0 aromatic carbocycles. The number of hydrogen-bond donors (Lipinski definition) is 1. The Kier molecular flexibility index (Phi) is 3.69. The van der Waals surface area contributed by atoms with Gasteiger partial charge in [0.25, 0.3) is 0 Å². The van der Waals surface area contributed by atoms with Crippen molar-refractivity contribution in [1.82, 2.24) is 14.9 Å². The Balaban J connectivity index is 1.81. The first-order chi connectivity index (χ1) is 8.86. The minimum Gasteiger partial charge on any atom is -0.331 e. The topological polar surface area (TPSA) is 29.9 Å². The Hall–Kier alpha value is -0.830. The third-order valence-electron chi connectivity index (χ3n) is 4.83. The summed E-state index contributed by atoms with van der Waals surface area (Å²) in [6, 6.07) is 0.693. The van der Waals surface area contributed by atoms with Crippen LogP contribution in [0.5, 0.6) is 0 Å². The molecule has 3 unspecified atom stereocenters. The van der Waals surface area contributed by atoms with Crippen LogP contribution in [0.1, 0.15) is 63.1 Å². The van der Waals surface area contributed by atoms with Gasteiger partial charge >= 0.3 is 0 Å². The molecule has 3 rings (SSSR count). The fraction of sp³-hybridized carbons (Fsp3) is 0.800. The van der Waals surface area contributed by atoms with Gasteiger partial charge in [0.1, 0.15) is 0 Å². The zero-order chi connectivity index (χ0) is 12.4. The van der Waals surface area contributed by atoms with Crippen LogP contribution in [0.25, 0.3) is 0 Å². The van der Waals surface area contributed by atoms with Gasteiger partial charge in [-0.2, -0.15) is 0 Å². The van der Waals surface area contributed by atoms with Crippen LogP contribution in [0.3, 0.4) is 0 Å². The highest BCUT2D eigenvalue weighted by molar-refractivity contribution is 5.10. The van der Waals surface area contributed by atoms with Crippen molar-refractivity contribution in [2.75, 3.05) is 13.1 Å². The van der Waals surface area contributed by atoms with E-state index in [0.717, 1.165) is 12.5 Å². The van der Waals surface area contributed by atoms with Gasteiger partial charge < -0.3 is 9.88 Å². The zero-order valence-corrected chi connectivity index (χ0v) is 11.4. The Morgan fingerprint density at radius 3 is 2.89 bits per heavy atom. The van der Waals surface area contributed by atoms with Crippen LogP contribution in [0.2, 0.25) is 0 Å². The van der Waals surface area contributed by atoms with E-state index in [4.69, 9.17) is 0 Å². The zero-order valence-electron chi connectivity index (χ0n) is 11.4. The molecule has 3 nitrogen and oxygen atoms in total. The largest absolute Gasteiger partial charge is 0.331 e. The first-order valence-electron chi connectivity index (χ1n) is 7.58. The van der Waals surface area contributed by atoms with E-state index in [-0.39, 0.29) is 0 Å². The highest BCUT2D eigenvalue weighted by Crippen LogP contribution is 2.36. The minimum atomic E-state index is 0.676. The summed E-state index contributed by atoms with van der Waals surface area (Å²) < 4.78 is 2.50. The van der Waals surface area contributed by atoms with E-state index in [1.165, 1.54) is 50.8 Å².